The summed E-state index contributed by atoms with van der Waals surface area (Å²) in [5, 5.41) is 2.20. The Labute approximate surface area is 148 Å². The molecule has 2 aromatic carbocycles. The lowest BCUT2D eigenvalue weighted by atomic mass is 9.99. The summed E-state index contributed by atoms with van der Waals surface area (Å²) in [4.78, 5) is 17.7. The van der Waals surface area contributed by atoms with Gasteiger partial charge in [-0.2, -0.15) is 0 Å². The first-order valence-electron chi connectivity index (χ1n) is 8.28. The van der Waals surface area contributed by atoms with Crippen molar-refractivity contribution >= 4 is 16.7 Å². The number of fused-ring (bicyclic) bond motifs is 1. The second-order valence-electron chi connectivity index (χ2n) is 6.41. The van der Waals surface area contributed by atoms with E-state index in [9.17, 15) is 4.79 Å². The van der Waals surface area contributed by atoms with Crippen LogP contribution in [0.25, 0.3) is 21.9 Å². The maximum Gasteiger partial charge on any atom is 0.262 e. The molecule has 4 nitrogen and oxygen atoms in total. The van der Waals surface area contributed by atoms with Crippen LogP contribution in [0, 0.1) is 6.92 Å². The summed E-state index contributed by atoms with van der Waals surface area (Å²) in [6.45, 7) is 3.85. The zero-order valence-electron chi connectivity index (χ0n) is 15.0. The van der Waals surface area contributed by atoms with Crippen LogP contribution in [0.15, 0.2) is 54.9 Å². The highest BCUT2D eigenvalue weighted by molar-refractivity contribution is 5.89. The van der Waals surface area contributed by atoms with Crippen LogP contribution in [0.2, 0.25) is 0 Å². The lowest BCUT2D eigenvalue weighted by Crippen LogP contribution is -2.35. The molecule has 3 rings (SSSR count). The molecule has 0 saturated heterocycles. The zero-order chi connectivity index (χ0) is 18.0. The van der Waals surface area contributed by atoms with Crippen LogP contribution in [-0.2, 0) is 4.79 Å². The van der Waals surface area contributed by atoms with Gasteiger partial charge in [0.2, 0.25) is 0 Å². The van der Waals surface area contributed by atoms with Crippen LogP contribution in [0.5, 0.6) is 5.75 Å². The molecule has 0 saturated carbocycles. The summed E-state index contributed by atoms with van der Waals surface area (Å²) in [6.07, 6.45) is 3.19. The summed E-state index contributed by atoms with van der Waals surface area (Å²) in [6, 6.07) is 14.2. The van der Waals surface area contributed by atoms with Crippen molar-refractivity contribution in [1.29, 1.82) is 0 Å². The van der Waals surface area contributed by atoms with Crippen molar-refractivity contribution in [3.8, 4) is 16.9 Å². The van der Waals surface area contributed by atoms with Gasteiger partial charge in [-0.3, -0.25) is 9.78 Å². The third kappa shape index (κ3) is 3.63. The number of aryl methyl sites for hydroxylation is 1. The smallest absolute Gasteiger partial charge is 0.262 e. The minimum Gasteiger partial charge on any atom is -0.481 e. The summed E-state index contributed by atoms with van der Waals surface area (Å²) in [5.74, 6) is 0.642. The first-order chi connectivity index (χ1) is 12.0. The Bertz CT molecular complexity index is 919. The molecule has 1 aromatic heterocycles. The number of carbonyl (C=O) groups excluding carboxylic acids is 1. The first kappa shape index (κ1) is 17.0. The molecule has 1 amide bonds. The van der Waals surface area contributed by atoms with Crippen LogP contribution >= 0.6 is 0 Å². The van der Waals surface area contributed by atoms with E-state index >= 15 is 0 Å². The molecule has 0 aliphatic heterocycles. The number of amides is 1. The number of benzene rings is 2. The Morgan fingerprint density at radius 2 is 1.80 bits per heavy atom. The van der Waals surface area contributed by atoms with E-state index in [2.05, 4.69) is 30.1 Å². The number of pyridine rings is 1. The number of hydrogen-bond acceptors (Lipinski definition) is 3. The Morgan fingerprint density at radius 3 is 2.52 bits per heavy atom. The molecule has 0 N–H and O–H groups in total. The van der Waals surface area contributed by atoms with E-state index in [0.717, 1.165) is 21.9 Å². The first-order valence-corrected chi connectivity index (χ1v) is 8.28. The number of ether oxygens (including phenoxy) is 1. The minimum atomic E-state index is -0.509. The summed E-state index contributed by atoms with van der Waals surface area (Å²) in [5.41, 5.74) is 3.48. The van der Waals surface area contributed by atoms with Crippen molar-refractivity contribution < 1.29 is 9.53 Å². The molecular formula is C21H22N2O2. The van der Waals surface area contributed by atoms with Gasteiger partial charge in [0, 0.05) is 32.1 Å². The van der Waals surface area contributed by atoms with Crippen molar-refractivity contribution in [2.24, 2.45) is 0 Å². The molecule has 128 valence electrons. The zero-order valence-corrected chi connectivity index (χ0v) is 15.0. The molecule has 3 aromatic rings. The van der Waals surface area contributed by atoms with E-state index in [-0.39, 0.29) is 5.91 Å². The molecule has 25 heavy (non-hydrogen) atoms. The average Bonchev–Trinajstić information content (AvgIpc) is 2.61. The predicted molar refractivity (Wildman–Crippen MR) is 101 cm³/mol. The number of nitrogens with zero attached hydrogens (tertiary/aromatic N) is 2. The van der Waals surface area contributed by atoms with E-state index in [1.54, 1.807) is 27.2 Å². The molecule has 0 spiro atoms. The van der Waals surface area contributed by atoms with Gasteiger partial charge in [0.1, 0.15) is 5.75 Å². The number of aromatic nitrogens is 1. The summed E-state index contributed by atoms with van der Waals surface area (Å²) in [7, 11) is 3.45. The molecule has 0 bridgehead atoms. The molecular weight excluding hydrogens is 312 g/mol. The topological polar surface area (TPSA) is 42.4 Å². The maximum atomic E-state index is 11.9. The molecule has 4 heteroatoms. The molecule has 0 fully saturated rings. The number of rotatable bonds is 4. The van der Waals surface area contributed by atoms with Crippen molar-refractivity contribution in [3.05, 3.63) is 60.4 Å². The SMILES string of the molecule is Cc1ccncc1-c1ccc2cc(OC(C)C(=O)N(C)C)ccc2c1. The minimum absolute atomic E-state index is 0.0532. The molecule has 1 heterocycles. The lowest BCUT2D eigenvalue weighted by molar-refractivity contribution is -0.135. The van der Waals surface area contributed by atoms with Crippen LogP contribution in [-0.4, -0.2) is 36.0 Å². The van der Waals surface area contributed by atoms with E-state index < -0.39 is 6.10 Å². The molecule has 0 radical (unpaired) electrons. The molecule has 0 aliphatic carbocycles. The van der Waals surface area contributed by atoms with Crippen LogP contribution in [0.4, 0.5) is 0 Å². The predicted octanol–water partition coefficient (Wildman–Crippen LogP) is 4.07. The van der Waals surface area contributed by atoms with E-state index in [0.29, 0.717) is 5.75 Å². The highest BCUT2D eigenvalue weighted by atomic mass is 16.5. The highest BCUT2D eigenvalue weighted by Crippen LogP contribution is 2.28. The number of carbonyl (C=O) groups is 1. The van der Waals surface area contributed by atoms with Crippen molar-refractivity contribution in [3.63, 3.8) is 0 Å². The fourth-order valence-corrected chi connectivity index (χ4v) is 2.85. The van der Waals surface area contributed by atoms with Gasteiger partial charge in [-0.25, -0.2) is 0 Å². The number of likely N-dealkylation sites (N-methyl/N-ethyl adjacent to an activating group) is 1. The number of hydrogen-bond donors (Lipinski definition) is 0. The fourth-order valence-electron chi connectivity index (χ4n) is 2.85. The Hall–Kier alpha value is -2.88. The monoisotopic (exact) mass is 334 g/mol. The molecule has 0 aliphatic rings. The van der Waals surface area contributed by atoms with Crippen LogP contribution in [0.3, 0.4) is 0 Å². The van der Waals surface area contributed by atoms with E-state index in [1.165, 1.54) is 10.5 Å². The molecule has 1 unspecified atom stereocenters. The third-order valence-electron chi connectivity index (χ3n) is 4.26. The van der Waals surface area contributed by atoms with Crippen LogP contribution < -0.4 is 4.74 Å². The van der Waals surface area contributed by atoms with Gasteiger partial charge in [-0.05, 0) is 60.0 Å². The van der Waals surface area contributed by atoms with Gasteiger partial charge in [-0.1, -0.05) is 18.2 Å². The van der Waals surface area contributed by atoms with Crippen molar-refractivity contribution in [2.75, 3.05) is 14.1 Å². The highest BCUT2D eigenvalue weighted by Gasteiger charge is 2.16. The van der Waals surface area contributed by atoms with Gasteiger partial charge >= 0.3 is 0 Å². The average molecular weight is 334 g/mol. The quantitative estimate of drug-likeness (QED) is 0.722. The lowest BCUT2D eigenvalue weighted by Gasteiger charge is -2.18. The second-order valence-corrected chi connectivity index (χ2v) is 6.41. The fraction of sp³-hybridized carbons (Fsp3) is 0.238. The third-order valence-corrected chi connectivity index (χ3v) is 4.26. The summed E-state index contributed by atoms with van der Waals surface area (Å²) < 4.78 is 5.78. The largest absolute Gasteiger partial charge is 0.481 e. The Morgan fingerprint density at radius 1 is 1.08 bits per heavy atom. The van der Waals surface area contributed by atoms with Gasteiger partial charge in [0.15, 0.2) is 6.10 Å². The standard InChI is InChI=1S/C21H22N2O2/c1-14-9-10-22-13-20(14)18-6-5-17-12-19(8-7-16(17)11-18)25-15(2)21(24)23(3)4/h5-13,15H,1-4H3. The summed E-state index contributed by atoms with van der Waals surface area (Å²) >= 11 is 0. The van der Waals surface area contributed by atoms with Crippen molar-refractivity contribution in [1.82, 2.24) is 9.88 Å². The Kier molecular flexibility index (Phi) is 4.70. The van der Waals surface area contributed by atoms with Crippen molar-refractivity contribution in [2.45, 2.75) is 20.0 Å². The van der Waals surface area contributed by atoms with E-state index in [1.807, 2.05) is 30.5 Å². The van der Waals surface area contributed by atoms with Gasteiger partial charge in [0.25, 0.3) is 5.91 Å². The Balaban J connectivity index is 1.89. The normalized spacial score (nSPS) is 12.0. The van der Waals surface area contributed by atoms with Gasteiger partial charge in [0.05, 0.1) is 0 Å². The van der Waals surface area contributed by atoms with Crippen LogP contribution in [0.1, 0.15) is 12.5 Å². The maximum absolute atomic E-state index is 11.9. The van der Waals surface area contributed by atoms with Gasteiger partial charge in [-0.15, -0.1) is 0 Å². The second kappa shape index (κ2) is 6.93. The molecule has 1 atom stereocenters. The van der Waals surface area contributed by atoms with Gasteiger partial charge < -0.3 is 9.64 Å². The van der Waals surface area contributed by atoms with E-state index in [4.69, 9.17) is 4.74 Å².